The van der Waals surface area contributed by atoms with E-state index in [1.165, 1.54) is 0 Å². The van der Waals surface area contributed by atoms with E-state index in [9.17, 15) is 9.59 Å². The molecule has 0 saturated carbocycles. The summed E-state index contributed by atoms with van der Waals surface area (Å²) in [5.41, 5.74) is 2.28. The van der Waals surface area contributed by atoms with E-state index in [-0.39, 0.29) is 17.6 Å². The molecule has 1 aromatic carbocycles. The number of carbonyl (C=O) groups is 1. The number of pyridine rings is 1. The summed E-state index contributed by atoms with van der Waals surface area (Å²) in [6.07, 6.45) is 5.46. The van der Waals surface area contributed by atoms with Gasteiger partial charge in [-0.3, -0.25) is 4.79 Å². The Bertz CT molecular complexity index is 817. The van der Waals surface area contributed by atoms with Gasteiger partial charge in [-0.1, -0.05) is 29.8 Å². The molecule has 0 unspecified atom stereocenters. The van der Waals surface area contributed by atoms with Crippen LogP contribution in [0.3, 0.4) is 0 Å². The van der Waals surface area contributed by atoms with Crippen LogP contribution in [0.1, 0.15) is 35.7 Å². The number of carbonyl (C=O) groups excluding carboxylic acids is 1. The number of aryl methyl sites for hydroxylation is 1. The van der Waals surface area contributed by atoms with E-state index in [1.807, 2.05) is 42.0 Å². The normalized spacial score (nSPS) is 15.0. The monoisotopic (exact) mass is 355 g/mol. The van der Waals surface area contributed by atoms with Crippen molar-refractivity contribution in [3.8, 4) is 11.1 Å². The minimum atomic E-state index is -0.563. The molecule has 0 atom stereocenters. The summed E-state index contributed by atoms with van der Waals surface area (Å²) in [6.45, 7) is 6.27. The van der Waals surface area contributed by atoms with E-state index < -0.39 is 5.97 Å². The zero-order valence-corrected chi connectivity index (χ0v) is 15.4. The molecule has 2 heterocycles. The van der Waals surface area contributed by atoms with E-state index in [2.05, 4.69) is 0 Å². The molecule has 0 radical (unpaired) electrons. The zero-order valence-electron chi connectivity index (χ0n) is 15.4. The molecular formula is C21H25NO4. The van der Waals surface area contributed by atoms with Crippen LogP contribution in [-0.2, 0) is 16.0 Å². The first-order valence-electron chi connectivity index (χ1n) is 9.14. The molecule has 1 aliphatic heterocycles. The fourth-order valence-electron chi connectivity index (χ4n) is 3.26. The lowest BCUT2D eigenvalue weighted by Crippen LogP contribution is -2.25. The molecule has 2 aromatic rings. The second-order valence-corrected chi connectivity index (χ2v) is 6.75. The van der Waals surface area contributed by atoms with Crippen molar-refractivity contribution in [1.29, 1.82) is 0 Å². The van der Waals surface area contributed by atoms with Gasteiger partial charge in [-0.2, -0.15) is 0 Å². The Hall–Kier alpha value is -2.40. The quantitative estimate of drug-likeness (QED) is 0.771. The van der Waals surface area contributed by atoms with Gasteiger partial charge in [0, 0.05) is 37.7 Å². The van der Waals surface area contributed by atoms with Crippen molar-refractivity contribution in [2.24, 2.45) is 5.92 Å². The number of nitrogens with zero attached hydrogens (tertiary/aromatic N) is 1. The van der Waals surface area contributed by atoms with Gasteiger partial charge in [0.15, 0.2) is 0 Å². The number of ether oxygens (including phenoxy) is 2. The zero-order chi connectivity index (χ0) is 18.5. The van der Waals surface area contributed by atoms with E-state index in [0.29, 0.717) is 11.5 Å². The predicted octanol–water partition coefficient (Wildman–Crippen LogP) is 3.43. The van der Waals surface area contributed by atoms with E-state index in [1.54, 1.807) is 13.1 Å². The Labute approximate surface area is 153 Å². The summed E-state index contributed by atoms with van der Waals surface area (Å²) >= 11 is 0. The van der Waals surface area contributed by atoms with Gasteiger partial charge in [0.1, 0.15) is 5.56 Å². The molecule has 5 heteroatoms. The molecule has 1 fully saturated rings. The third kappa shape index (κ3) is 4.22. The number of rotatable bonds is 5. The van der Waals surface area contributed by atoms with Crippen molar-refractivity contribution in [1.82, 2.24) is 4.57 Å². The van der Waals surface area contributed by atoms with Crippen LogP contribution in [0.15, 0.2) is 41.5 Å². The summed E-state index contributed by atoms with van der Waals surface area (Å²) in [5, 5.41) is 0. The highest BCUT2D eigenvalue weighted by atomic mass is 16.5. The second-order valence-electron chi connectivity index (χ2n) is 6.75. The average Bonchev–Trinajstić information content (AvgIpc) is 2.65. The SMILES string of the molecule is CCOC(=O)c1cn(CC2CCOCC2)cc(-c2ccc(C)cc2)c1=O. The van der Waals surface area contributed by atoms with E-state index in [4.69, 9.17) is 9.47 Å². The smallest absolute Gasteiger partial charge is 0.343 e. The highest BCUT2D eigenvalue weighted by Crippen LogP contribution is 2.21. The molecule has 1 saturated heterocycles. The van der Waals surface area contributed by atoms with Crippen molar-refractivity contribution in [2.45, 2.75) is 33.2 Å². The number of hydrogen-bond donors (Lipinski definition) is 0. The van der Waals surface area contributed by atoms with Gasteiger partial charge in [0.05, 0.1) is 6.61 Å². The molecule has 0 amide bonds. The number of aromatic nitrogens is 1. The maximum atomic E-state index is 12.9. The van der Waals surface area contributed by atoms with Gasteiger partial charge in [-0.05, 0) is 38.2 Å². The fourth-order valence-corrected chi connectivity index (χ4v) is 3.26. The summed E-state index contributed by atoms with van der Waals surface area (Å²) in [7, 11) is 0. The molecule has 0 spiro atoms. The summed E-state index contributed by atoms with van der Waals surface area (Å²) in [5.74, 6) is -0.0839. The van der Waals surface area contributed by atoms with Crippen LogP contribution in [0.4, 0.5) is 0 Å². The Morgan fingerprint density at radius 3 is 2.54 bits per heavy atom. The molecule has 138 valence electrons. The standard InChI is InChI=1S/C21H25NO4/c1-3-26-21(24)19-14-22(12-16-8-10-25-11-9-16)13-18(20(19)23)17-6-4-15(2)5-7-17/h4-7,13-14,16H,3,8-12H2,1-2H3. The van der Waals surface area contributed by atoms with Crippen LogP contribution in [-0.4, -0.2) is 30.4 Å². The first-order chi connectivity index (χ1) is 12.6. The van der Waals surface area contributed by atoms with Crippen molar-refractivity contribution in [3.05, 3.63) is 58.0 Å². The molecule has 0 aliphatic carbocycles. The number of esters is 1. The van der Waals surface area contributed by atoms with Crippen LogP contribution >= 0.6 is 0 Å². The molecule has 5 nitrogen and oxygen atoms in total. The Balaban J connectivity index is 2.02. The lowest BCUT2D eigenvalue weighted by Gasteiger charge is -2.23. The van der Waals surface area contributed by atoms with Gasteiger partial charge in [0.25, 0.3) is 0 Å². The van der Waals surface area contributed by atoms with Crippen LogP contribution in [0, 0.1) is 12.8 Å². The number of hydrogen-bond acceptors (Lipinski definition) is 4. The largest absolute Gasteiger partial charge is 0.462 e. The lowest BCUT2D eigenvalue weighted by molar-refractivity contribution is 0.0520. The van der Waals surface area contributed by atoms with E-state index >= 15 is 0 Å². The van der Waals surface area contributed by atoms with Crippen molar-refractivity contribution in [3.63, 3.8) is 0 Å². The average molecular weight is 355 g/mol. The molecular weight excluding hydrogens is 330 g/mol. The molecule has 26 heavy (non-hydrogen) atoms. The summed E-state index contributed by atoms with van der Waals surface area (Å²) in [4.78, 5) is 25.2. The van der Waals surface area contributed by atoms with Gasteiger partial charge >= 0.3 is 5.97 Å². The molecule has 0 N–H and O–H groups in total. The van der Waals surface area contributed by atoms with Crippen LogP contribution < -0.4 is 5.43 Å². The summed E-state index contributed by atoms with van der Waals surface area (Å²) in [6, 6.07) is 7.77. The van der Waals surface area contributed by atoms with Crippen molar-refractivity contribution < 1.29 is 14.3 Å². The Morgan fingerprint density at radius 1 is 1.19 bits per heavy atom. The molecule has 1 aromatic heterocycles. The van der Waals surface area contributed by atoms with Gasteiger partial charge in [0.2, 0.25) is 5.43 Å². The second kappa shape index (κ2) is 8.32. The highest BCUT2D eigenvalue weighted by molar-refractivity contribution is 5.90. The fraction of sp³-hybridized carbons (Fsp3) is 0.429. The van der Waals surface area contributed by atoms with Crippen molar-refractivity contribution in [2.75, 3.05) is 19.8 Å². The third-order valence-corrected chi connectivity index (χ3v) is 4.75. The highest BCUT2D eigenvalue weighted by Gasteiger charge is 2.19. The summed E-state index contributed by atoms with van der Waals surface area (Å²) < 4.78 is 12.5. The first kappa shape index (κ1) is 18.4. The van der Waals surface area contributed by atoms with Gasteiger partial charge in [-0.25, -0.2) is 4.79 Å². The Kier molecular flexibility index (Phi) is 5.89. The minimum absolute atomic E-state index is 0.0944. The topological polar surface area (TPSA) is 57.5 Å². The Morgan fingerprint density at radius 2 is 1.88 bits per heavy atom. The van der Waals surface area contributed by atoms with Crippen LogP contribution in [0.25, 0.3) is 11.1 Å². The molecule has 0 bridgehead atoms. The molecule has 3 rings (SSSR count). The van der Waals surface area contributed by atoms with Crippen LogP contribution in [0.5, 0.6) is 0 Å². The lowest BCUT2D eigenvalue weighted by atomic mass is 9.99. The first-order valence-corrected chi connectivity index (χ1v) is 9.14. The molecule has 1 aliphatic rings. The predicted molar refractivity (Wildman–Crippen MR) is 100 cm³/mol. The van der Waals surface area contributed by atoms with Gasteiger partial charge < -0.3 is 14.0 Å². The van der Waals surface area contributed by atoms with E-state index in [0.717, 1.165) is 43.7 Å². The maximum absolute atomic E-state index is 12.9. The van der Waals surface area contributed by atoms with Crippen molar-refractivity contribution >= 4 is 5.97 Å². The maximum Gasteiger partial charge on any atom is 0.343 e. The van der Waals surface area contributed by atoms with Crippen LogP contribution in [0.2, 0.25) is 0 Å². The van der Waals surface area contributed by atoms with Gasteiger partial charge in [-0.15, -0.1) is 0 Å². The minimum Gasteiger partial charge on any atom is -0.462 e. The third-order valence-electron chi connectivity index (χ3n) is 4.75. The number of benzene rings is 1.